The van der Waals surface area contributed by atoms with E-state index in [9.17, 15) is 17.8 Å². The summed E-state index contributed by atoms with van der Waals surface area (Å²) in [5.74, 6) is 0.680. The van der Waals surface area contributed by atoms with Gasteiger partial charge in [0.1, 0.15) is 18.5 Å². The number of ether oxygens (including phenoxy) is 1. The van der Waals surface area contributed by atoms with Gasteiger partial charge in [-0.15, -0.1) is 0 Å². The summed E-state index contributed by atoms with van der Waals surface area (Å²) in [7, 11) is -1.21. The minimum atomic E-state index is -3.54. The van der Waals surface area contributed by atoms with E-state index in [0.717, 1.165) is 16.7 Å². The van der Waals surface area contributed by atoms with Crippen molar-refractivity contribution in [2.24, 2.45) is 0 Å². The van der Waals surface area contributed by atoms with Crippen LogP contribution in [-0.2, 0) is 17.4 Å². The number of fused-ring (bicyclic) bond motifs is 5. The molecule has 2 aromatic carbocycles. The zero-order valence-corrected chi connectivity index (χ0v) is 19.2. The third-order valence-electron chi connectivity index (χ3n) is 5.97. The first-order valence-corrected chi connectivity index (χ1v) is 11.8. The SMILES string of the molecule is CN1CCOc2ccccc2-c2cccc(c2)CC2C(NS(=O)C(C)(F)F)C(F)CN2C1=O. The fourth-order valence-electron chi connectivity index (χ4n) is 4.25. The Morgan fingerprint density at radius 2 is 1.94 bits per heavy atom. The van der Waals surface area contributed by atoms with Crippen molar-refractivity contribution in [2.75, 3.05) is 26.7 Å². The molecule has 178 valence electrons. The molecule has 6 nitrogen and oxygen atoms in total. The lowest BCUT2D eigenvalue weighted by molar-refractivity contribution is 0.118. The molecule has 0 spiro atoms. The number of carbonyl (C=O) groups is 1. The minimum absolute atomic E-state index is 0.209. The Hall–Kier alpha value is -2.59. The number of halogens is 3. The fourth-order valence-corrected chi connectivity index (χ4v) is 5.01. The van der Waals surface area contributed by atoms with E-state index in [2.05, 4.69) is 4.72 Å². The molecule has 2 heterocycles. The van der Waals surface area contributed by atoms with E-state index in [1.54, 1.807) is 7.05 Å². The molecule has 4 unspecified atom stereocenters. The maximum atomic E-state index is 15.0. The standard InChI is InChI=1S/C23H26F3N3O3S/c1-23(25,26)33(31)27-21-18(24)14-29-19(21)13-15-6-5-7-16(12-15)17-8-3-4-9-20(17)32-11-10-28(2)22(29)30/h3-9,12,18-19,21,27H,10-11,13-14H2,1-2H3. The van der Waals surface area contributed by atoms with Crippen molar-refractivity contribution in [3.8, 4) is 16.9 Å². The third-order valence-corrected chi connectivity index (χ3v) is 7.11. The maximum Gasteiger partial charge on any atom is 0.331 e. The quantitative estimate of drug-likeness (QED) is 0.729. The second-order valence-corrected chi connectivity index (χ2v) is 9.90. The number of carbonyl (C=O) groups excluding carboxylic acids is 1. The average Bonchev–Trinajstić information content (AvgIpc) is 3.07. The van der Waals surface area contributed by atoms with Crippen LogP contribution in [0.25, 0.3) is 11.1 Å². The first kappa shape index (κ1) is 23.6. The largest absolute Gasteiger partial charge is 0.491 e. The molecule has 1 fully saturated rings. The summed E-state index contributed by atoms with van der Waals surface area (Å²) < 4.78 is 62.5. The number of hydrogen-bond acceptors (Lipinski definition) is 3. The van der Waals surface area contributed by atoms with E-state index in [-0.39, 0.29) is 26.1 Å². The molecule has 2 bridgehead atoms. The van der Waals surface area contributed by atoms with Crippen LogP contribution in [0.4, 0.5) is 18.0 Å². The predicted molar refractivity (Wildman–Crippen MR) is 120 cm³/mol. The van der Waals surface area contributed by atoms with Crippen molar-refractivity contribution < 1.29 is 26.9 Å². The molecule has 0 saturated carbocycles. The van der Waals surface area contributed by atoms with Gasteiger partial charge < -0.3 is 14.5 Å². The summed E-state index contributed by atoms with van der Waals surface area (Å²) in [6.45, 7) is 0.714. The van der Waals surface area contributed by atoms with Crippen LogP contribution in [0.3, 0.4) is 0 Å². The summed E-state index contributed by atoms with van der Waals surface area (Å²) in [4.78, 5) is 15.9. The molecule has 0 aromatic heterocycles. The molecule has 0 aliphatic carbocycles. The van der Waals surface area contributed by atoms with Gasteiger partial charge in [-0.2, -0.15) is 8.78 Å². The van der Waals surface area contributed by atoms with Gasteiger partial charge in [-0.05, 0) is 23.6 Å². The Bertz CT molecular complexity index is 1050. The highest BCUT2D eigenvalue weighted by molar-refractivity contribution is 7.84. The smallest absolute Gasteiger partial charge is 0.331 e. The van der Waals surface area contributed by atoms with Gasteiger partial charge in [-0.25, -0.2) is 18.1 Å². The van der Waals surface area contributed by atoms with E-state index in [1.807, 2.05) is 48.5 Å². The number of rotatable bonds is 3. The van der Waals surface area contributed by atoms with Crippen LogP contribution in [0.15, 0.2) is 48.5 Å². The summed E-state index contributed by atoms with van der Waals surface area (Å²) in [6, 6.07) is 12.6. The van der Waals surface area contributed by atoms with Crippen molar-refractivity contribution in [2.45, 2.75) is 36.9 Å². The lowest BCUT2D eigenvalue weighted by Gasteiger charge is -2.31. The second kappa shape index (κ2) is 9.34. The van der Waals surface area contributed by atoms with Gasteiger partial charge in [0.25, 0.3) is 0 Å². The highest BCUT2D eigenvalue weighted by Crippen LogP contribution is 2.33. The lowest BCUT2D eigenvalue weighted by Crippen LogP contribution is -2.52. The molecule has 2 aliphatic rings. The Balaban J connectivity index is 1.73. The van der Waals surface area contributed by atoms with Gasteiger partial charge >= 0.3 is 11.3 Å². The highest BCUT2D eigenvalue weighted by Gasteiger charge is 2.47. The van der Waals surface area contributed by atoms with E-state index in [4.69, 9.17) is 4.74 Å². The predicted octanol–water partition coefficient (Wildman–Crippen LogP) is 3.60. The molecule has 1 N–H and O–H groups in total. The van der Waals surface area contributed by atoms with E-state index in [1.165, 1.54) is 9.80 Å². The molecule has 10 heteroatoms. The molecule has 1 saturated heterocycles. The van der Waals surface area contributed by atoms with Crippen molar-refractivity contribution >= 4 is 17.0 Å². The molecule has 2 aromatic rings. The summed E-state index contributed by atoms with van der Waals surface area (Å²) in [5, 5.41) is -3.54. The van der Waals surface area contributed by atoms with Crippen molar-refractivity contribution in [3.05, 3.63) is 54.1 Å². The molecule has 4 atom stereocenters. The van der Waals surface area contributed by atoms with Crippen LogP contribution in [0.1, 0.15) is 12.5 Å². The van der Waals surface area contributed by atoms with Crippen LogP contribution < -0.4 is 9.46 Å². The Morgan fingerprint density at radius 1 is 1.18 bits per heavy atom. The van der Waals surface area contributed by atoms with Gasteiger partial charge in [-0.3, -0.25) is 0 Å². The Kier molecular flexibility index (Phi) is 6.67. The van der Waals surface area contributed by atoms with Crippen LogP contribution in [0.5, 0.6) is 5.75 Å². The maximum absolute atomic E-state index is 15.0. The van der Waals surface area contributed by atoms with Crippen LogP contribution >= 0.6 is 0 Å². The monoisotopic (exact) mass is 481 g/mol. The molecule has 2 aliphatic heterocycles. The Labute approximate surface area is 193 Å². The summed E-state index contributed by atoms with van der Waals surface area (Å²) >= 11 is 0. The molecule has 4 rings (SSSR count). The number of nitrogens with one attached hydrogen (secondary N) is 1. The van der Waals surface area contributed by atoms with Crippen LogP contribution in [0.2, 0.25) is 0 Å². The van der Waals surface area contributed by atoms with E-state index in [0.29, 0.717) is 12.7 Å². The average molecular weight is 482 g/mol. The molecule has 0 radical (unpaired) electrons. The topological polar surface area (TPSA) is 61.9 Å². The first-order chi connectivity index (χ1) is 15.6. The molecule has 33 heavy (non-hydrogen) atoms. The molecule has 2 amide bonds. The van der Waals surface area contributed by atoms with E-state index < -0.39 is 40.5 Å². The first-order valence-electron chi connectivity index (χ1n) is 10.7. The van der Waals surface area contributed by atoms with Crippen LogP contribution in [0, 0.1) is 0 Å². The van der Waals surface area contributed by atoms with Gasteiger partial charge in [-0.1, -0.05) is 42.5 Å². The molecular weight excluding hydrogens is 455 g/mol. The minimum Gasteiger partial charge on any atom is -0.491 e. The summed E-state index contributed by atoms with van der Waals surface area (Å²) in [6.07, 6.45) is -1.44. The number of nitrogens with zero attached hydrogens (tertiary/aromatic N) is 2. The van der Waals surface area contributed by atoms with Crippen molar-refractivity contribution in [3.63, 3.8) is 0 Å². The lowest BCUT2D eigenvalue weighted by atomic mass is 9.96. The summed E-state index contributed by atoms with van der Waals surface area (Å²) in [5.41, 5.74) is 2.55. The number of hydrogen-bond donors (Lipinski definition) is 1. The number of benzene rings is 2. The number of urea groups is 1. The number of likely N-dealkylation sites (N-methyl/N-ethyl adjacent to an activating group) is 1. The molecular formula is C23H26F3N3O3S. The van der Waals surface area contributed by atoms with Gasteiger partial charge in [0.15, 0.2) is 11.0 Å². The second-order valence-electron chi connectivity index (χ2n) is 8.41. The zero-order chi connectivity index (χ0) is 23.8. The fraction of sp³-hybridized carbons (Fsp3) is 0.435. The van der Waals surface area contributed by atoms with E-state index >= 15 is 4.39 Å². The van der Waals surface area contributed by atoms with Crippen molar-refractivity contribution in [1.29, 1.82) is 0 Å². The van der Waals surface area contributed by atoms with Crippen molar-refractivity contribution in [1.82, 2.24) is 14.5 Å². The van der Waals surface area contributed by atoms with Gasteiger partial charge in [0.05, 0.1) is 25.2 Å². The Morgan fingerprint density at radius 3 is 2.70 bits per heavy atom. The number of alkyl halides is 3. The van der Waals surface area contributed by atoms with Gasteiger partial charge in [0, 0.05) is 19.5 Å². The zero-order valence-electron chi connectivity index (χ0n) is 18.3. The normalized spacial score (nSPS) is 24.6. The highest BCUT2D eigenvalue weighted by atomic mass is 32.2. The number of para-hydroxylation sites is 1. The third kappa shape index (κ3) is 5.01. The number of amides is 2. The van der Waals surface area contributed by atoms with Gasteiger partial charge in [0.2, 0.25) is 0 Å². The van der Waals surface area contributed by atoms with Crippen LogP contribution in [-0.4, -0.2) is 70.3 Å².